The number of hydrogen-bond donors (Lipinski definition) is 0. The molecule has 1 unspecified atom stereocenters. The molecule has 1 atom stereocenters. The topological polar surface area (TPSA) is 9.23 Å². The van der Waals surface area contributed by atoms with E-state index in [1.54, 1.807) is 0 Å². The molecule has 1 aliphatic rings. The summed E-state index contributed by atoms with van der Waals surface area (Å²) in [7, 11) is 0. The van der Waals surface area contributed by atoms with E-state index in [-0.39, 0.29) is 5.92 Å². The summed E-state index contributed by atoms with van der Waals surface area (Å²) in [6.45, 7) is 8.51. The highest BCUT2D eigenvalue weighted by molar-refractivity contribution is 6.35. The van der Waals surface area contributed by atoms with Gasteiger partial charge in [0.05, 0.1) is 5.03 Å². The van der Waals surface area contributed by atoms with Crippen LogP contribution in [0.5, 0.6) is 5.75 Å². The maximum absolute atomic E-state index is 6.83. The van der Waals surface area contributed by atoms with Crippen molar-refractivity contribution in [3.8, 4) is 5.75 Å². The lowest BCUT2D eigenvalue weighted by atomic mass is 9.84. The van der Waals surface area contributed by atoms with Crippen LogP contribution in [0, 0.1) is 13.8 Å². The first-order valence-corrected chi connectivity index (χ1v) is 9.41. The molecule has 0 fully saturated rings. The van der Waals surface area contributed by atoms with Crippen LogP contribution in [0.2, 0.25) is 0 Å². The van der Waals surface area contributed by atoms with Crippen LogP contribution < -0.4 is 4.74 Å². The molecule has 0 aromatic heterocycles. The molecule has 3 aromatic rings. The molecule has 1 nitrogen and oxygen atoms in total. The molecule has 0 N–H and O–H groups in total. The molecule has 0 saturated heterocycles. The van der Waals surface area contributed by atoms with E-state index in [9.17, 15) is 0 Å². The van der Waals surface area contributed by atoms with E-state index in [1.807, 2.05) is 30.3 Å². The Labute approximate surface area is 165 Å². The van der Waals surface area contributed by atoms with E-state index in [0.29, 0.717) is 10.8 Å². The van der Waals surface area contributed by atoms with Gasteiger partial charge in [0.15, 0.2) is 5.76 Å². The lowest BCUT2D eigenvalue weighted by molar-refractivity contribution is 0.510. The van der Waals surface area contributed by atoms with Crippen molar-refractivity contribution in [2.24, 2.45) is 0 Å². The highest BCUT2D eigenvalue weighted by atomic mass is 35.5. The normalized spacial score (nSPS) is 16.6. The van der Waals surface area contributed by atoms with Crippen molar-refractivity contribution in [2.75, 3.05) is 0 Å². The van der Waals surface area contributed by atoms with Crippen LogP contribution in [0.3, 0.4) is 0 Å². The average Bonchev–Trinajstić information content (AvgIpc) is 2.79. The third-order valence-electron chi connectivity index (χ3n) is 5.00. The fourth-order valence-corrected chi connectivity index (χ4v) is 3.71. The molecular formula is C25H21ClO. The summed E-state index contributed by atoms with van der Waals surface area (Å²) < 4.78 is 6.33. The van der Waals surface area contributed by atoms with Crippen LogP contribution >= 0.6 is 11.6 Å². The summed E-state index contributed by atoms with van der Waals surface area (Å²) in [5.41, 5.74) is 6.45. The molecule has 1 aliphatic heterocycles. The summed E-state index contributed by atoms with van der Waals surface area (Å²) in [6.07, 6.45) is 0. The van der Waals surface area contributed by atoms with Gasteiger partial charge in [0, 0.05) is 17.0 Å². The van der Waals surface area contributed by atoms with Crippen LogP contribution in [0.25, 0.3) is 5.76 Å². The van der Waals surface area contributed by atoms with Crippen molar-refractivity contribution in [3.05, 3.63) is 118 Å². The van der Waals surface area contributed by atoms with Gasteiger partial charge in [-0.05, 0) is 31.1 Å². The summed E-state index contributed by atoms with van der Waals surface area (Å²) in [6, 6.07) is 24.8. The number of hydrogen-bond acceptors (Lipinski definition) is 1. The molecule has 0 spiro atoms. The van der Waals surface area contributed by atoms with Crippen molar-refractivity contribution in [2.45, 2.75) is 19.8 Å². The lowest BCUT2D eigenvalue weighted by Crippen LogP contribution is -2.04. The Bertz CT molecular complexity index is 1030. The summed E-state index contributed by atoms with van der Waals surface area (Å²) in [5.74, 6) is 1.43. The van der Waals surface area contributed by atoms with Gasteiger partial charge in [0.1, 0.15) is 5.75 Å². The first kappa shape index (κ1) is 17.6. The molecule has 0 amide bonds. The standard InChI is InChI=1S/C25H21ClO/c1-16-8-12-19(13-9-16)23-18(3)24(26)25(20-14-10-17(2)11-15-20)27-22-7-5-4-6-21(22)23/h4-15,23H,3H2,1-2H3. The Morgan fingerprint density at radius 2 is 1.41 bits per heavy atom. The van der Waals surface area contributed by atoms with Crippen molar-refractivity contribution in [1.82, 2.24) is 0 Å². The molecule has 4 rings (SSSR count). The molecule has 0 saturated carbocycles. The van der Waals surface area contributed by atoms with Crippen LogP contribution in [0.1, 0.15) is 33.7 Å². The number of fused-ring (bicyclic) bond motifs is 1. The third kappa shape index (κ3) is 3.31. The van der Waals surface area contributed by atoms with E-state index in [0.717, 1.165) is 28.0 Å². The second-order valence-corrected chi connectivity index (χ2v) is 7.40. The minimum Gasteiger partial charge on any atom is -0.455 e. The van der Waals surface area contributed by atoms with Gasteiger partial charge in [-0.1, -0.05) is 96.0 Å². The van der Waals surface area contributed by atoms with Crippen LogP contribution in [0.4, 0.5) is 0 Å². The largest absolute Gasteiger partial charge is 0.455 e. The first-order valence-electron chi connectivity index (χ1n) is 9.04. The van der Waals surface area contributed by atoms with Gasteiger partial charge in [-0.25, -0.2) is 0 Å². The molecule has 27 heavy (non-hydrogen) atoms. The van der Waals surface area contributed by atoms with Crippen molar-refractivity contribution < 1.29 is 4.74 Å². The second kappa shape index (κ2) is 7.09. The first-order chi connectivity index (χ1) is 13.0. The molecule has 134 valence electrons. The average molecular weight is 373 g/mol. The summed E-state index contributed by atoms with van der Waals surface area (Å²) in [4.78, 5) is 0. The minimum absolute atomic E-state index is 0.0442. The number of ether oxygens (including phenoxy) is 1. The predicted octanol–water partition coefficient (Wildman–Crippen LogP) is 6.99. The Morgan fingerprint density at radius 1 is 0.815 bits per heavy atom. The number of aryl methyl sites for hydroxylation is 2. The van der Waals surface area contributed by atoms with E-state index < -0.39 is 0 Å². The fourth-order valence-electron chi connectivity index (χ4n) is 3.46. The molecular weight excluding hydrogens is 352 g/mol. The Balaban J connectivity index is 1.90. The number of benzene rings is 3. The van der Waals surface area contributed by atoms with Crippen molar-refractivity contribution >= 4 is 17.4 Å². The van der Waals surface area contributed by atoms with Crippen molar-refractivity contribution in [3.63, 3.8) is 0 Å². The van der Waals surface area contributed by atoms with Gasteiger partial charge in [-0.2, -0.15) is 0 Å². The quantitative estimate of drug-likeness (QED) is 0.471. The zero-order chi connectivity index (χ0) is 19.0. The van der Waals surface area contributed by atoms with E-state index in [2.05, 4.69) is 62.9 Å². The van der Waals surface area contributed by atoms with Crippen LogP contribution in [0.15, 0.2) is 90.0 Å². The highest BCUT2D eigenvalue weighted by Crippen LogP contribution is 2.46. The lowest BCUT2D eigenvalue weighted by Gasteiger charge is -2.19. The predicted molar refractivity (Wildman–Crippen MR) is 113 cm³/mol. The van der Waals surface area contributed by atoms with Gasteiger partial charge in [-0.3, -0.25) is 0 Å². The van der Waals surface area contributed by atoms with E-state index in [1.165, 1.54) is 11.1 Å². The summed E-state index contributed by atoms with van der Waals surface area (Å²) in [5, 5.41) is 0.570. The zero-order valence-corrected chi connectivity index (χ0v) is 16.3. The molecule has 0 aliphatic carbocycles. The van der Waals surface area contributed by atoms with Gasteiger partial charge in [0.2, 0.25) is 0 Å². The Kier molecular flexibility index (Phi) is 4.63. The number of para-hydroxylation sites is 1. The van der Waals surface area contributed by atoms with Crippen LogP contribution in [-0.2, 0) is 0 Å². The maximum Gasteiger partial charge on any atom is 0.153 e. The van der Waals surface area contributed by atoms with Crippen molar-refractivity contribution in [1.29, 1.82) is 0 Å². The second-order valence-electron chi connectivity index (χ2n) is 7.02. The smallest absolute Gasteiger partial charge is 0.153 e. The van der Waals surface area contributed by atoms with E-state index >= 15 is 0 Å². The zero-order valence-electron chi connectivity index (χ0n) is 15.5. The van der Waals surface area contributed by atoms with E-state index in [4.69, 9.17) is 16.3 Å². The van der Waals surface area contributed by atoms with Gasteiger partial charge < -0.3 is 4.74 Å². The molecule has 1 heterocycles. The molecule has 0 bridgehead atoms. The number of rotatable bonds is 2. The van der Waals surface area contributed by atoms with Gasteiger partial charge in [0.25, 0.3) is 0 Å². The fraction of sp³-hybridized carbons (Fsp3) is 0.120. The number of allylic oxidation sites excluding steroid dienone is 2. The molecule has 2 heteroatoms. The maximum atomic E-state index is 6.83. The molecule has 0 radical (unpaired) electrons. The minimum atomic E-state index is -0.0442. The Hall–Kier alpha value is -2.77. The SMILES string of the molecule is C=C1C(Cl)=C(c2ccc(C)cc2)Oc2ccccc2C1c1ccc(C)cc1. The molecule has 3 aromatic carbocycles. The number of halogens is 1. The van der Waals surface area contributed by atoms with Gasteiger partial charge >= 0.3 is 0 Å². The monoisotopic (exact) mass is 372 g/mol. The van der Waals surface area contributed by atoms with Gasteiger partial charge in [-0.15, -0.1) is 0 Å². The van der Waals surface area contributed by atoms with Crippen LogP contribution in [-0.4, -0.2) is 0 Å². The third-order valence-corrected chi connectivity index (χ3v) is 5.41. The highest BCUT2D eigenvalue weighted by Gasteiger charge is 2.29. The summed E-state index contributed by atoms with van der Waals surface area (Å²) >= 11 is 6.83. The Morgan fingerprint density at radius 3 is 2.07 bits per heavy atom.